The van der Waals surface area contributed by atoms with Crippen molar-refractivity contribution >= 4 is 11.3 Å². The summed E-state index contributed by atoms with van der Waals surface area (Å²) in [4.78, 5) is 1.43. The summed E-state index contributed by atoms with van der Waals surface area (Å²) in [6, 6.07) is 4.79. The molecule has 0 radical (unpaired) electrons. The van der Waals surface area contributed by atoms with Crippen LogP contribution in [-0.2, 0) is 0 Å². The van der Waals surface area contributed by atoms with E-state index in [1.165, 1.54) is 4.88 Å². The number of thiophene rings is 1. The minimum absolute atomic E-state index is 0.304. The van der Waals surface area contributed by atoms with Gasteiger partial charge in [-0.3, -0.25) is 0 Å². The standard InChI is InChI=1S/C14H25NOS/c1-11(2)14(13-7-5-9-17-13)15-8-4-6-12(3)10-16/h5,7,9,11-12,14-16H,4,6,8,10H2,1-3H3. The molecule has 2 atom stereocenters. The van der Waals surface area contributed by atoms with Crippen molar-refractivity contribution in [2.45, 2.75) is 39.7 Å². The van der Waals surface area contributed by atoms with E-state index < -0.39 is 0 Å². The maximum Gasteiger partial charge on any atom is 0.0456 e. The molecule has 1 rings (SSSR count). The van der Waals surface area contributed by atoms with Gasteiger partial charge in [0.25, 0.3) is 0 Å². The number of aliphatic hydroxyl groups excluding tert-OH is 1. The van der Waals surface area contributed by atoms with Crippen LogP contribution in [0, 0.1) is 11.8 Å². The van der Waals surface area contributed by atoms with E-state index in [1.807, 2.05) is 11.3 Å². The fourth-order valence-corrected chi connectivity index (χ4v) is 2.91. The maximum absolute atomic E-state index is 8.96. The van der Waals surface area contributed by atoms with Gasteiger partial charge in [0.05, 0.1) is 0 Å². The van der Waals surface area contributed by atoms with E-state index in [2.05, 4.69) is 43.6 Å². The largest absolute Gasteiger partial charge is 0.396 e. The van der Waals surface area contributed by atoms with E-state index in [0.717, 1.165) is 19.4 Å². The molecular weight excluding hydrogens is 230 g/mol. The Morgan fingerprint density at radius 3 is 2.65 bits per heavy atom. The predicted molar refractivity (Wildman–Crippen MR) is 75.4 cm³/mol. The lowest BCUT2D eigenvalue weighted by Crippen LogP contribution is -2.26. The van der Waals surface area contributed by atoms with Crippen molar-refractivity contribution in [1.82, 2.24) is 5.32 Å². The molecule has 17 heavy (non-hydrogen) atoms. The summed E-state index contributed by atoms with van der Waals surface area (Å²) in [5.41, 5.74) is 0. The third kappa shape index (κ3) is 5.19. The molecule has 0 fully saturated rings. The van der Waals surface area contributed by atoms with Crippen LogP contribution in [0.2, 0.25) is 0 Å². The van der Waals surface area contributed by atoms with Gasteiger partial charge in [-0.05, 0) is 42.7 Å². The van der Waals surface area contributed by atoms with Crippen molar-refractivity contribution in [2.75, 3.05) is 13.2 Å². The molecule has 0 amide bonds. The van der Waals surface area contributed by atoms with Gasteiger partial charge in [0.1, 0.15) is 0 Å². The smallest absolute Gasteiger partial charge is 0.0456 e. The molecule has 1 heterocycles. The van der Waals surface area contributed by atoms with Crippen molar-refractivity contribution in [3.8, 4) is 0 Å². The van der Waals surface area contributed by atoms with Crippen LogP contribution in [0.3, 0.4) is 0 Å². The number of hydrogen-bond acceptors (Lipinski definition) is 3. The molecule has 3 heteroatoms. The number of aliphatic hydroxyl groups is 1. The summed E-state index contributed by atoms with van der Waals surface area (Å²) >= 11 is 1.83. The van der Waals surface area contributed by atoms with Crippen LogP contribution in [0.15, 0.2) is 17.5 Å². The topological polar surface area (TPSA) is 32.3 Å². The van der Waals surface area contributed by atoms with Crippen molar-refractivity contribution < 1.29 is 5.11 Å². The van der Waals surface area contributed by atoms with Crippen molar-refractivity contribution in [3.05, 3.63) is 22.4 Å². The first-order valence-corrected chi connectivity index (χ1v) is 7.40. The Kier molecular flexibility index (Phi) is 6.78. The van der Waals surface area contributed by atoms with Crippen molar-refractivity contribution in [3.63, 3.8) is 0 Å². The lowest BCUT2D eigenvalue weighted by atomic mass is 10.0. The van der Waals surface area contributed by atoms with Gasteiger partial charge < -0.3 is 10.4 Å². The van der Waals surface area contributed by atoms with Crippen LogP contribution in [0.25, 0.3) is 0 Å². The molecule has 0 saturated heterocycles. The quantitative estimate of drug-likeness (QED) is 0.697. The summed E-state index contributed by atoms with van der Waals surface area (Å²) in [5.74, 6) is 1.04. The number of rotatable bonds is 8. The number of nitrogens with one attached hydrogen (secondary N) is 1. The molecule has 0 aliphatic heterocycles. The molecule has 0 aromatic carbocycles. The highest BCUT2D eigenvalue weighted by molar-refractivity contribution is 7.10. The minimum atomic E-state index is 0.304. The van der Waals surface area contributed by atoms with Gasteiger partial charge in [0.15, 0.2) is 0 Å². The molecule has 2 N–H and O–H groups in total. The van der Waals surface area contributed by atoms with Crippen molar-refractivity contribution in [1.29, 1.82) is 0 Å². The summed E-state index contributed by atoms with van der Waals surface area (Å²) in [7, 11) is 0. The minimum Gasteiger partial charge on any atom is -0.396 e. The predicted octanol–water partition coefficient (Wildman–Crippen LogP) is 3.44. The summed E-state index contributed by atoms with van der Waals surface area (Å²) in [5, 5.41) is 14.7. The molecule has 2 unspecified atom stereocenters. The molecule has 0 aliphatic carbocycles. The van der Waals surface area contributed by atoms with E-state index in [1.54, 1.807) is 0 Å². The highest BCUT2D eigenvalue weighted by Gasteiger charge is 2.15. The molecule has 0 bridgehead atoms. The van der Waals surface area contributed by atoms with E-state index in [4.69, 9.17) is 5.11 Å². The first kappa shape index (κ1) is 14.7. The Labute approximate surface area is 109 Å². The zero-order valence-corrected chi connectivity index (χ0v) is 12.0. The third-order valence-electron chi connectivity index (χ3n) is 3.07. The second kappa shape index (κ2) is 7.85. The molecule has 0 aliphatic rings. The number of hydrogen-bond donors (Lipinski definition) is 2. The van der Waals surface area contributed by atoms with Gasteiger partial charge in [-0.15, -0.1) is 11.3 Å². The fraction of sp³-hybridized carbons (Fsp3) is 0.714. The zero-order valence-electron chi connectivity index (χ0n) is 11.1. The van der Waals surface area contributed by atoms with Crippen LogP contribution in [0.4, 0.5) is 0 Å². The second-order valence-corrected chi connectivity index (χ2v) is 6.10. The van der Waals surface area contributed by atoms with Gasteiger partial charge in [0, 0.05) is 17.5 Å². The van der Waals surface area contributed by atoms with Crippen LogP contribution in [0.5, 0.6) is 0 Å². The van der Waals surface area contributed by atoms with Crippen molar-refractivity contribution in [2.24, 2.45) is 11.8 Å². The van der Waals surface area contributed by atoms with Crippen LogP contribution in [-0.4, -0.2) is 18.3 Å². The zero-order chi connectivity index (χ0) is 12.7. The Morgan fingerprint density at radius 1 is 1.35 bits per heavy atom. The Balaban J connectivity index is 2.31. The first-order valence-electron chi connectivity index (χ1n) is 6.52. The van der Waals surface area contributed by atoms with Crippen LogP contribution >= 0.6 is 11.3 Å². The lowest BCUT2D eigenvalue weighted by molar-refractivity contribution is 0.227. The van der Waals surface area contributed by atoms with Gasteiger partial charge >= 0.3 is 0 Å². The highest BCUT2D eigenvalue weighted by Crippen LogP contribution is 2.25. The third-order valence-corrected chi connectivity index (χ3v) is 4.02. The molecule has 1 aromatic rings. The summed E-state index contributed by atoms with van der Waals surface area (Å²) in [6.45, 7) is 7.95. The van der Waals surface area contributed by atoms with Gasteiger partial charge in [-0.2, -0.15) is 0 Å². The second-order valence-electron chi connectivity index (χ2n) is 5.12. The Hall–Kier alpha value is -0.380. The Morgan fingerprint density at radius 2 is 2.12 bits per heavy atom. The molecule has 98 valence electrons. The van der Waals surface area contributed by atoms with Crippen LogP contribution < -0.4 is 5.32 Å². The van der Waals surface area contributed by atoms with Crippen LogP contribution in [0.1, 0.15) is 44.5 Å². The summed E-state index contributed by atoms with van der Waals surface area (Å²) in [6.07, 6.45) is 2.23. The molecule has 0 spiro atoms. The lowest BCUT2D eigenvalue weighted by Gasteiger charge is -2.21. The van der Waals surface area contributed by atoms with E-state index >= 15 is 0 Å². The average Bonchev–Trinajstić information content (AvgIpc) is 2.81. The Bertz CT molecular complexity index is 284. The van der Waals surface area contributed by atoms with Gasteiger partial charge in [0.2, 0.25) is 0 Å². The molecular formula is C14H25NOS. The molecule has 2 nitrogen and oxygen atoms in total. The first-order chi connectivity index (χ1) is 8.15. The fourth-order valence-electron chi connectivity index (χ4n) is 1.93. The van der Waals surface area contributed by atoms with E-state index in [9.17, 15) is 0 Å². The van der Waals surface area contributed by atoms with E-state index in [-0.39, 0.29) is 0 Å². The van der Waals surface area contributed by atoms with Gasteiger partial charge in [-0.25, -0.2) is 0 Å². The normalized spacial score (nSPS) is 15.1. The highest BCUT2D eigenvalue weighted by atomic mass is 32.1. The molecule has 0 saturated carbocycles. The van der Waals surface area contributed by atoms with Gasteiger partial charge in [-0.1, -0.05) is 26.8 Å². The monoisotopic (exact) mass is 255 g/mol. The maximum atomic E-state index is 8.96. The SMILES string of the molecule is CC(CO)CCCNC(c1cccs1)C(C)C. The molecule has 1 aromatic heterocycles. The average molecular weight is 255 g/mol. The van der Waals surface area contributed by atoms with E-state index in [0.29, 0.717) is 24.5 Å². The summed E-state index contributed by atoms with van der Waals surface area (Å²) < 4.78 is 0.